The molecule has 0 radical (unpaired) electrons. The van der Waals surface area contributed by atoms with Crippen LogP contribution in [0.2, 0.25) is 0 Å². The van der Waals surface area contributed by atoms with Crippen molar-refractivity contribution in [3.8, 4) is 11.1 Å². The second-order valence-corrected chi connectivity index (χ2v) is 6.38. The van der Waals surface area contributed by atoms with Crippen LogP contribution >= 0.6 is 11.3 Å². The Kier molecular flexibility index (Phi) is 3.20. The Balaban J connectivity index is 1.99. The fraction of sp³-hybridized carbons (Fsp3) is 0.0625. The van der Waals surface area contributed by atoms with Crippen LogP contribution in [0.5, 0.6) is 0 Å². The van der Waals surface area contributed by atoms with E-state index in [0.717, 1.165) is 26.7 Å². The van der Waals surface area contributed by atoms with Gasteiger partial charge in [-0.15, -0.1) is 0 Å². The van der Waals surface area contributed by atoms with Crippen LogP contribution in [0, 0.1) is 12.7 Å². The number of amides is 1. The van der Waals surface area contributed by atoms with E-state index in [9.17, 15) is 9.18 Å². The molecule has 0 unspecified atom stereocenters. The van der Waals surface area contributed by atoms with Crippen LogP contribution in [-0.2, 0) is 4.79 Å². The molecule has 120 valence electrons. The zero-order chi connectivity index (χ0) is 16.8. The lowest BCUT2D eigenvalue weighted by Gasteiger charge is -2.11. The minimum atomic E-state index is -0.450. The lowest BCUT2D eigenvalue weighted by Crippen LogP contribution is -1.98. The molecule has 8 heteroatoms. The van der Waals surface area contributed by atoms with Gasteiger partial charge >= 0.3 is 0 Å². The number of carbonyl (C=O) groups excluding carboxylic acids is 1. The number of benzene rings is 2. The molecule has 0 aliphatic carbocycles. The van der Waals surface area contributed by atoms with Gasteiger partial charge in [0.25, 0.3) is 0 Å². The first-order valence-corrected chi connectivity index (χ1v) is 7.93. The van der Waals surface area contributed by atoms with E-state index in [1.807, 2.05) is 18.2 Å². The Morgan fingerprint density at radius 1 is 1.42 bits per heavy atom. The Hall–Kier alpha value is -3.00. The predicted molar refractivity (Wildman–Crippen MR) is 93.5 cm³/mol. The average molecular weight is 341 g/mol. The van der Waals surface area contributed by atoms with Crippen molar-refractivity contribution in [2.24, 2.45) is 0 Å². The molecular formula is C16H12FN5OS. The average Bonchev–Trinajstić information content (AvgIpc) is 3.19. The van der Waals surface area contributed by atoms with Crippen molar-refractivity contribution in [2.75, 3.05) is 11.1 Å². The van der Waals surface area contributed by atoms with Gasteiger partial charge in [-0.1, -0.05) is 17.4 Å². The van der Waals surface area contributed by atoms with Gasteiger partial charge in [0, 0.05) is 5.39 Å². The molecule has 0 atom stereocenters. The quantitative estimate of drug-likeness (QED) is 0.393. The van der Waals surface area contributed by atoms with E-state index in [1.165, 1.54) is 11.3 Å². The van der Waals surface area contributed by atoms with Crippen LogP contribution in [0.4, 0.5) is 15.2 Å². The highest BCUT2D eigenvalue weighted by atomic mass is 32.1. The van der Waals surface area contributed by atoms with Gasteiger partial charge in [-0.3, -0.25) is 9.89 Å². The molecule has 0 aliphatic heterocycles. The van der Waals surface area contributed by atoms with E-state index in [4.69, 9.17) is 5.73 Å². The minimum absolute atomic E-state index is 0.0695. The lowest BCUT2D eigenvalue weighted by atomic mass is 9.95. The molecule has 1 amide bonds. The smallest absolute Gasteiger partial charge is 0.213 e. The van der Waals surface area contributed by atoms with Gasteiger partial charge in [-0.2, -0.15) is 5.10 Å². The number of fused-ring (bicyclic) bond motifs is 2. The number of rotatable bonds is 3. The zero-order valence-electron chi connectivity index (χ0n) is 12.6. The van der Waals surface area contributed by atoms with Crippen LogP contribution in [0.1, 0.15) is 5.56 Å². The largest absolute Gasteiger partial charge is 0.395 e. The van der Waals surface area contributed by atoms with Gasteiger partial charge in [0.1, 0.15) is 0 Å². The molecule has 4 rings (SSSR count). The maximum absolute atomic E-state index is 14.5. The fourth-order valence-corrected chi connectivity index (χ4v) is 3.73. The number of carbonyl (C=O) groups is 1. The molecule has 2 aromatic carbocycles. The standard InChI is InChI=1S/C16H12FN5OS/c1-7-12(9-5-20-22-15(9)14(18)13(7)17)8-2-3-10-11(4-8)24-16(21-10)19-6-23/h2-6H,18H2,1H3,(H,20,22)(H,19,21,23). The molecule has 6 nitrogen and oxygen atoms in total. The maximum Gasteiger partial charge on any atom is 0.213 e. The van der Waals surface area contributed by atoms with Gasteiger partial charge in [-0.25, -0.2) is 9.37 Å². The topological polar surface area (TPSA) is 96.7 Å². The first-order chi connectivity index (χ1) is 11.6. The number of thiazole rings is 1. The SMILES string of the molecule is Cc1c(F)c(N)c2[nH]ncc2c1-c1ccc2nc(NC=O)sc2c1. The van der Waals surface area contributed by atoms with Crippen LogP contribution in [0.25, 0.3) is 32.2 Å². The number of nitrogens with zero attached hydrogens (tertiary/aromatic N) is 2. The molecule has 0 aliphatic rings. The molecule has 24 heavy (non-hydrogen) atoms. The number of hydrogen-bond acceptors (Lipinski definition) is 5. The van der Waals surface area contributed by atoms with E-state index >= 15 is 0 Å². The molecule has 2 aromatic heterocycles. The Labute approximate surface area is 139 Å². The van der Waals surface area contributed by atoms with Gasteiger partial charge in [-0.05, 0) is 35.7 Å². The molecule has 0 spiro atoms. The number of anilines is 2. The number of halogens is 1. The Morgan fingerprint density at radius 2 is 2.25 bits per heavy atom. The van der Waals surface area contributed by atoms with Crippen LogP contribution in [-0.4, -0.2) is 21.6 Å². The first-order valence-electron chi connectivity index (χ1n) is 7.12. The van der Waals surface area contributed by atoms with Crippen molar-refractivity contribution >= 4 is 49.7 Å². The van der Waals surface area contributed by atoms with Gasteiger partial charge in [0.15, 0.2) is 10.9 Å². The van der Waals surface area contributed by atoms with Crippen molar-refractivity contribution < 1.29 is 9.18 Å². The van der Waals surface area contributed by atoms with Gasteiger partial charge in [0.05, 0.1) is 27.6 Å². The molecule has 0 saturated heterocycles. The summed E-state index contributed by atoms with van der Waals surface area (Å²) < 4.78 is 15.4. The summed E-state index contributed by atoms with van der Waals surface area (Å²) >= 11 is 1.36. The fourth-order valence-electron chi connectivity index (χ4n) is 2.87. The number of nitrogens with one attached hydrogen (secondary N) is 2. The van der Waals surface area contributed by atoms with E-state index < -0.39 is 5.82 Å². The highest BCUT2D eigenvalue weighted by Crippen LogP contribution is 2.38. The number of hydrogen-bond donors (Lipinski definition) is 3. The molecule has 0 fully saturated rings. The van der Waals surface area contributed by atoms with Crippen molar-refractivity contribution in [1.82, 2.24) is 15.2 Å². The van der Waals surface area contributed by atoms with Crippen LogP contribution in [0.15, 0.2) is 24.4 Å². The van der Waals surface area contributed by atoms with E-state index in [1.54, 1.807) is 13.1 Å². The lowest BCUT2D eigenvalue weighted by molar-refractivity contribution is -0.105. The molecule has 0 saturated carbocycles. The Bertz CT molecular complexity index is 1100. The summed E-state index contributed by atoms with van der Waals surface area (Å²) in [6.45, 7) is 1.70. The molecule has 0 bridgehead atoms. The van der Waals surface area contributed by atoms with Crippen molar-refractivity contribution in [1.29, 1.82) is 0 Å². The molecule has 4 aromatic rings. The summed E-state index contributed by atoms with van der Waals surface area (Å²) in [4.78, 5) is 14.9. The summed E-state index contributed by atoms with van der Waals surface area (Å²) in [5.74, 6) is -0.450. The maximum atomic E-state index is 14.5. The summed E-state index contributed by atoms with van der Waals surface area (Å²) in [5.41, 5.74) is 9.22. The Morgan fingerprint density at radius 3 is 3.04 bits per heavy atom. The van der Waals surface area contributed by atoms with Crippen molar-refractivity contribution in [3.05, 3.63) is 35.8 Å². The number of H-pyrrole nitrogens is 1. The normalized spacial score (nSPS) is 11.2. The third-order valence-corrected chi connectivity index (χ3v) is 4.93. The highest BCUT2D eigenvalue weighted by molar-refractivity contribution is 7.22. The highest BCUT2D eigenvalue weighted by Gasteiger charge is 2.18. The number of nitrogen functional groups attached to an aromatic ring is 1. The number of aromatic nitrogens is 3. The van der Waals surface area contributed by atoms with E-state index in [0.29, 0.717) is 22.6 Å². The van der Waals surface area contributed by atoms with E-state index in [-0.39, 0.29) is 5.69 Å². The molecule has 2 heterocycles. The summed E-state index contributed by atoms with van der Waals surface area (Å²) in [6, 6.07) is 5.64. The third kappa shape index (κ3) is 2.04. The van der Waals surface area contributed by atoms with Crippen molar-refractivity contribution in [2.45, 2.75) is 6.92 Å². The molecular weight excluding hydrogens is 329 g/mol. The monoisotopic (exact) mass is 341 g/mol. The van der Waals surface area contributed by atoms with Crippen molar-refractivity contribution in [3.63, 3.8) is 0 Å². The predicted octanol–water partition coefficient (Wildman–Crippen LogP) is 3.44. The van der Waals surface area contributed by atoms with Gasteiger partial charge < -0.3 is 11.1 Å². The van der Waals surface area contributed by atoms with Crippen LogP contribution < -0.4 is 11.1 Å². The number of nitrogens with two attached hydrogens (primary N) is 1. The molecule has 4 N–H and O–H groups in total. The minimum Gasteiger partial charge on any atom is -0.395 e. The second kappa shape index (κ2) is 5.27. The zero-order valence-corrected chi connectivity index (χ0v) is 13.4. The third-order valence-electron chi connectivity index (χ3n) is 3.98. The first kappa shape index (κ1) is 14.6. The summed E-state index contributed by atoms with van der Waals surface area (Å²) in [7, 11) is 0. The number of aromatic amines is 1. The summed E-state index contributed by atoms with van der Waals surface area (Å²) in [5, 5.41) is 10.6. The van der Waals surface area contributed by atoms with Gasteiger partial charge in [0.2, 0.25) is 6.41 Å². The second-order valence-electron chi connectivity index (χ2n) is 5.35. The van der Waals surface area contributed by atoms with E-state index in [2.05, 4.69) is 20.5 Å². The van der Waals surface area contributed by atoms with Crippen LogP contribution in [0.3, 0.4) is 0 Å². The summed E-state index contributed by atoms with van der Waals surface area (Å²) in [6.07, 6.45) is 2.23.